The van der Waals surface area contributed by atoms with Gasteiger partial charge in [0.2, 0.25) is 0 Å². The highest BCUT2D eigenvalue weighted by Crippen LogP contribution is 2.42. The SMILES string of the molecule is CCc1ccc(/C(O)=C2\C(=O)C(=O)N(c3ccc(C(=O)OCC(C)C)cc3)C2c2cccc(C)c2)cc1. The number of amides is 1. The highest BCUT2D eigenvalue weighted by molar-refractivity contribution is 6.51. The van der Waals surface area contributed by atoms with Gasteiger partial charge in [0.05, 0.1) is 23.8 Å². The van der Waals surface area contributed by atoms with Crippen LogP contribution >= 0.6 is 0 Å². The zero-order valence-corrected chi connectivity index (χ0v) is 21.5. The first-order valence-corrected chi connectivity index (χ1v) is 12.4. The third-order valence-corrected chi connectivity index (χ3v) is 6.37. The van der Waals surface area contributed by atoms with Crippen LogP contribution in [-0.4, -0.2) is 29.4 Å². The minimum absolute atomic E-state index is 0.0280. The largest absolute Gasteiger partial charge is 0.507 e. The maximum Gasteiger partial charge on any atom is 0.338 e. The topological polar surface area (TPSA) is 83.9 Å². The van der Waals surface area contributed by atoms with E-state index in [2.05, 4.69) is 0 Å². The van der Waals surface area contributed by atoms with E-state index in [0.717, 1.165) is 17.5 Å². The molecule has 0 spiro atoms. The van der Waals surface area contributed by atoms with Gasteiger partial charge < -0.3 is 9.84 Å². The van der Waals surface area contributed by atoms with E-state index < -0.39 is 23.7 Å². The molecule has 3 aromatic carbocycles. The third kappa shape index (κ3) is 5.33. The Hall–Kier alpha value is -4.19. The van der Waals surface area contributed by atoms with E-state index in [1.54, 1.807) is 36.4 Å². The van der Waals surface area contributed by atoms with Gasteiger partial charge in [-0.2, -0.15) is 0 Å². The lowest BCUT2D eigenvalue weighted by Crippen LogP contribution is -2.29. The molecule has 1 heterocycles. The van der Waals surface area contributed by atoms with E-state index in [4.69, 9.17) is 4.74 Å². The van der Waals surface area contributed by atoms with Gasteiger partial charge in [-0.25, -0.2) is 4.79 Å². The zero-order chi connectivity index (χ0) is 26.7. The first-order chi connectivity index (χ1) is 17.7. The number of benzene rings is 3. The lowest BCUT2D eigenvalue weighted by Gasteiger charge is -2.26. The molecule has 6 nitrogen and oxygen atoms in total. The standard InChI is InChI=1S/C31H31NO5/c1-5-21-9-11-22(12-10-21)28(33)26-27(24-8-6-7-20(4)17-24)32(30(35)29(26)34)25-15-13-23(14-16-25)31(36)37-18-19(2)3/h6-17,19,27,33H,5,18H2,1-4H3/b28-26+. The molecular formula is C31H31NO5. The van der Waals surface area contributed by atoms with Crippen molar-refractivity contribution in [1.29, 1.82) is 0 Å². The summed E-state index contributed by atoms with van der Waals surface area (Å²) in [6.07, 6.45) is 0.843. The molecule has 1 N–H and O–H groups in total. The number of rotatable bonds is 7. The second-order valence-corrected chi connectivity index (χ2v) is 9.67. The number of aliphatic hydroxyl groups excluding tert-OH is 1. The van der Waals surface area contributed by atoms with Crippen molar-refractivity contribution in [2.75, 3.05) is 11.5 Å². The summed E-state index contributed by atoms with van der Waals surface area (Å²) in [6, 6.07) is 20.4. The Bertz CT molecular complexity index is 1350. The van der Waals surface area contributed by atoms with Crippen molar-refractivity contribution in [3.8, 4) is 0 Å². The lowest BCUT2D eigenvalue weighted by molar-refractivity contribution is -0.132. The number of carbonyl (C=O) groups excluding carboxylic acids is 3. The van der Waals surface area contributed by atoms with Crippen LogP contribution in [0.25, 0.3) is 5.76 Å². The van der Waals surface area contributed by atoms with Gasteiger partial charge in [-0.3, -0.25) is 14.5 Å². The van der Waals surface area contributed by atoms with Crippen molar-refractivity contribution >= 4 is 29.1 Å². The van der Waals surface area contributed by atoms with Crippen LogP contribution < -0.4 is 4.90 Å². The van der Waals surface area contributed by atoms with Crippen LogP contribution in [0.3, 0.4) is 0 Å². The quantitative estimate of drug-likeness (QED) is 0.187. The number of ketones is 1. The van der Waals surface area contributed by atoms with E-state index in [-0.39, 0.29) is 17.3 Å². The fourth-order valence-corrected chi connectivity index (χ4v) is 4.39. The van der Waals surface area contributed by atoms with Gasteiger partial charge in [0.1, 0.15) is 5.76 Å². The number of esters is 1. The summed E-state index contributed by atoms with van der Waals surface area (Å²) >= 11 is 0. The Kier molecular flexibility index (Phi) is 7.58. The maximum absolute atomic E-state index is 13.4. The smallest absolute Gasteiger partial charge is 0.338 e. The number of hydrogen-bond donors (Lipinski definition) is 1. The molecule has 1 amide bonds. The zero-order valence-electron chi connectivity index (χ0n) is 21.5. The van der Waals surface area contributed by atoms with E-state index in [9.17, 15) is 19.5 Å². The predicted molar refractivity (Wildman–Crippen MR) is 143 cm³/mol. The Morgan fingerprint density at radius 3 is 2.22 bits per heavy atom. The summed E-state index contributed by atoms with van der Waals surface area (Å²) in [5.41, 5.74) is 4.04. The average Bonchev–Trinajstić information content (AvgIpc) is 3.17. The molecule has 0 aromatic heterocycles. The monoisotopic (exact) mass is 497 g/mol. The van der Waals surface area contributed by atoms with Crippen LogP contribution in [0.1, 0.15) is 59.4 Å². The highest BCUT2D eigenvalue weighted by atomic mass is 16.5. The molecule has 6 heteroatoms. The molecule has 0 aliphatic carbocycles. The van der Waals surface area contributed by atoms with E-state index in [1.807, 2.05) is 64.1 Å². The summed E-state index contributed by atoms with van der Waals surface area (Å²) < 4.78 is 5.30. The molecular weight excluding hydrogens is 466 g/mol. The van der Waals surface area contributed by atoms with Crippen LogP contribution in [0.2, 0.25) is 0 Å². The minimum Gasteiger partial charge on any atom is -0.507 e. The minimum atomic E-state index is -0.829. The second-order valence-electron chi connectivity index (χ2n) is 9.67. The molecule has 37 heavy (non-hydrogen) atoms. The number of aryl methyl sites for hydroxylation is 2. The normalized spacial score (nSPS) is 16.9. The number of hydrogen-bond acceptors (Lipinski definition) is 5. The van der Waals surface area contributed by atoms with Gasteiger partial charge in [-0.1, -0.05) is 74.9 Å². The summed E-state index contributed by atoms with van der Waals surface area (Å²) in [5.74, 6) is -1.96. The number of nitrogens with zero attached hydrogens (tertiary/aromatic N) is 1. The fourth-order valence-electron chi connectivity index (χ4n) is 4.39. The summed E-state index contributed by atoms with van der Waals surface area (Å²) in [6.45, 7) is 8.18. The van der Waals surface area contributed by atoms with E-state index in [1.165, 1.54) is 4.90 Å². The van der Waals surface area contributed by atoms with Crippen molar-refractivity contribution in [2.24, 2.45) is 5.92 Å². The van der Waals surface area contributed by atoms with Crippen molar-refractivity contribution in [1.82, 2.24) is 0 Å². The number of Topliss-reactive ketones (excluding diaryl/α,β-unsaturated/α-hetero) is 1. The molecule has 1 aliphatic rings. The van der Waals surface area contributed by atoms with Crippen molar-refractivity contribution in [3.05, 3.63) is 106 Å². The Morgan fingerprint density at radius 2 is 1.62 bits per heavy atom. The Labute approximate surface area is 217 Å². The van der Waals surface area contributed by atoms with Gasteiger partial charge in [0.15, 0.2) is 0 Å². The van der Waals surface area contributed by atoms with E-state index in [0.29, 0.717) is 29.0 Å². The summed E-state index contributed by atoms with van der Waals surface area (Å²) in [5, 5.41) is 11.3. The number of anilines is 1. The number of carbonyl (C=O) groups is 3. The van der Waals surface area contributed by atoms with Crippen LogP contribution in [0.4, 0.5) is 5.69 Å². The number of aliphatic hydroxyl groups is 1. The summed E-state index contributed by atoms with van der Waals surface area (Å²) in [4.78, 5) is 40.4. The lowest BCUT2D eigenvalue weighted by atomic mass is 9.94. The first kappa shape index (κ1) is 25.9. The molecule has 1 aliphatic heterocycles. The van der Waals surface area contributed by atoms with Crippen molar-refractivity contribution in [3.63, 3.8) is 0 Å². The molecule has 1 fully saturated rings. The van der Waals surface area contributed by atoms with E-state index >= 15 is 0 Å². The second kappa shape index (κ2) is 10.8. The van der Waals surface area contributed by atoms with Crippen molar-refractivity contribution < 1.29 is 24.2 Å². The molecule has 1 atom stereocenters. The van der Waals surface area contributed by atoms with Gasteiger partial charge in [-0.15, -0.1) is 0 Å². The van der Waals surface area contributed by atoms with Crippen LogP contribution in [0.5, 0.6) is 0 Å². The molecule has 3 aromatic rings. The predicted octanol–water partition coefficient (Wildman–Crippen LogP) is 6.00. The average molecular weight is 498 g/mol. The molecule has 0 radical (unpaired) electrons. The van der Waals surface area contributed by atoms with Gasteiger partial charge >= 0.3 is 5.97 Å². The summed E-state index contributed by atoms with van der Waals surface area (Å²) in [7, 11) is 0. The molecule has 190 valence electrons. The number of ether oxygens (including phenoxy) is 1. The van der Waals surface area contributed by atoms with Crippen LogP contribution in [-0.2, 0) is 20.7 Å². The molecule has 1 saturated heterocycles. The Morgan fingerprint density at radius 1 is 0.973 bits per heavy atom. The van der Waals surface area contributed by atoms with Crippen LogP contribution in [0, 0.1) is 12.8 Å². The fraction of sp³-hybridized carbons (Fsp3) is 0.258. The van der Waals surface area contributed by atoms with Gasteiger partial charge in [-0.05, 0) is 54.7 Å². The maximum atomic E-state index is 13.4. The third-order valence-electron chi connectivity index (χ3n) is 6.37. The Balaban J connectivity index is 1.79. The molecule has 4 rings (SSSR count). The molecule has 0 saturated carbocycles. The van der Waals surface area contributed by atoms with Gasteiger partial charge in [0.25, 0.3) is 11.7 Å². The van der Waals surface area contributed by atoms with Crippen molar-refractivity contribution in [2.45, 2.75) is 40.2 Å². The molecule has 0 bridgehead atoms. The van der Waals surface area contributed by atoms with Gasteiger partial charge in [0, 0.05) is 11.3 Å². The van der Waals surface area contributed by atoms with Crippen LogP contribution in [0.15, 0.2) is 78.4 Å². The molecule has 1 unspecified atom stereocenters. The first-order valence-electron chi connectivity index (χ1n) is 12.4. The highest BCUT2D eigenvalue weighted by Gasteiger charge is 2.47.